The van der Waals surface area contributed by atoms with Gasteiger partial charge in [0.15, 0.2) is 0 Å². The standard InChI is InChI=1S/C11H15BrN/c1-13(8-2-3-9-13)11-6-4-10(12)5-7-11/h4-7H,2-3,8-9H2,1H3/q+1. The maximum absolute atomic E-state index is 3.46. The fourth-order valence-electron chi connectivity index (χ4n) is 2.09. The van der Waals surface area contributed by atoms with Gasteiger partial charge in [0.05, 0.1) is 20.1 Å². The lowest BCUT2D eigenvalue weighted by Gasteiger charge is -2.28. The van der Waals surface area contributed by atoms with E-state index in [0.29, 0.717) is 0 Å². The molecule has 0 radical (unpaired) electrons. The minimum atomic E-state index is 1.12. The zero-order chi connectivity index (χ0) is 9.31. The van der Waals surface area contributed by atoms with Gasteiger partial charge < -0.3 is 0 Å². The van der Waals surface area contributed by atoms with Crippen molar-refractivity contribution in [3.8, 4) is 0 Å². The molecule has 13 heavy (non-hydrogen) atoms. The van der Waals surface area contributed by atoms with E-state index >= 15 is 0 Å². The molecule has 1 heterocycles. The van der Waals surface area contributed by atoms with Gasteiger partial charge in [0, 0.05) is 29.4 Å². The van der Waals surface area contributed by atoms with Gasteiger partial charge in [0.2, 0.25) is 0 Å². The largest absolute Gasteiger partial charge is 0.294 e. The van der Waals surface area contributed by atoms with Crippen LogP contribution in [0.2, 0.25) is 0 Å². The number of rotatable bonds is 1. The van der Waals surface area contributed by atoms with E-state index in [1.165, 1.54) is 36.1 Å². The summed E-state index contributed by atoms with van der Waals surface area (Å²) >= 11 is 3.46. The number of benzene rings is 1. The lowest BCUT2D eigenvalue weighted by atomic mass is 10.2. The van der Waals surface area contributed by atoms with Crippen molar-refractivity contribution in [1.82, 2.24) is 4.48 Å². The molecule has 70 valence electrons. The van der Waals surface area contributed by atoms with Crippen molar-refractivity contribution in [3.05, 3.63) is 28.7 Å². The second kappa shape index (κ2) is 3.43. The van der Waals surface area contributed by atoms with Crippen LogP contribution >= 0.6 is 15.9 Å². The predicted octanol–water partition coefficient (Wildman–Crippen LogP) is 3.18. The average Bonchev–Trinajstić information content (AvgIpc) is 2.54. The highest BCUT2D eigenvalue weighted by Gasteiger charge is 2.28. The van der Waals surface area contributed by atoms with E-state index in [1.54, 1.807) is 0 Å². The van der Waals surface area contributed by atoms with Gasteiger partial charge in [-0.25, -0.2) is 0 Å². The first-order chi connectivity index (χ1) is 6.21. The van der Waals surface area contributed by atoms with Crippen LogP contribution in [0.15, 0.2) is 28.7 Å². The number of quaternary nitrogens is 1. The Labute approximate surface area is 88.1 Å². The fourth-order valence-corrected chi connectivity index (χ4v) is 2.36. The molecule has 2 rings (SSSR count). The van der Waals surface area contributed by atoms with Crippen molar-refractivity contribution in [3.63, 3.8) is 0 Å². The third-order valence-electron chi connectivity index (χ3n) is 3.00. The summed E-state index contributed by atoms with van der Waals surface area (Å²) in [6.07, 6.45) is 2.74. The van der Waals surface area contributed by atoms with E-state index in [4.69, 9.17) is 0 Å². The summed E-state index contributed by atoms with van der Waals surface area (Å²) < 4.78 is 2.29. The van der Waals surface area contributed by atoms with Crippen LogP contribution in [0.5, 0.6) is 0 Å². The Morgan fingerprint density at radius 3 is 2.15 bits per heavy atom. The Balaban J connectivity index is 2.29. The molecule has 1 aliphatic rings. The van der Waals surface area contributed by atoms with Crippen LogP contribution in [0, 0.1) is 0 Å². The minimum Gasteiger partial charge on any atom is -0.294 e. The van der Waals surface area contributed by atoms with Crippen LogP contribution in [-0.2, 0) is 0 Å². The Bertz CT molecular complexity index is 285. The number of hydrogen-bond acceptors (Lipinski definition) is 0. The molecule has 0 N–H and O–H groups in total. The average molecular weight is 241 g/mol. The van der Waals surface area contributed by atoms with Crippen molar-refractivity contribution in [2.75, 3.05) is 20.1 Å². The van der Waals surface area contributed by atoms with E-state index in [0.717, 1.165) is 4.48 Å². The summed E-state index contributed by atoms with van der Waals surface area (Å²) in [5.41, 5.74) is 1.45. The molecule has 0 unspecified atom stereocenters. The Morgan fingerprint density at radius 2 is 1.62 bits per heavy atom. The summed E-state index contributed by atoms with van der Waals surface area (Å²) in [5, 5.41) is 0. The first kappa shape index (κ1) is 9.22. The van der Waals surface area contributed by atoms with E-state index in [1.807, 2.05) is 0 Å². The van der Waals surface area contributed by atoms with Gasteiger partial charge in [-0.2, -0.15) is 0 Å². The molecular formula is C11H15BrN+. The van der Waals surface area contributed by atoms with E-state index < -0.39 is 0 Å². The number of likely N-dealkylation sites (tertiary alicyclic amines) is 1. The lowest BCUT2D eigenvalue weighted by Crippen LogP contribution is -2.41. The van der Waals surface area contributed by atoms with Crippen molar-refractivity contribution >= 4 is 21.6 Å². The molecular weight excluding hydrogens is 226 g/mol. The van der Waals surface area contributed by atoms with E-state index in [-0.39, 0.29) is 0 Å². The maximum atomic E-state index is 3.46. The highest BCUT2D eigenvalue weighted by atomic mass is 79.9. The SMILES string of the molecule is C[N+]1(c2ccc(Br)cc2)CCCC1. The van der Waals surface area contributed by atoms with Gasteiger partial charge in [0.1, 0.15) is 5.69 Å². The fraction of sp³-hybridized carbons (Fsp3) is 0.455. The zero-order valence-corrected chi connectivity index (χ0v) is 9.55. The summed E-state index contributed by atoms with van der Waals surface area (Å²) in [4.78, 5) is 0. The number of nitrogens with zero attached hydrogens (tertiary/aromatic N) is 1. The molecule has 0 aliphatic carbocycles. The molecule has 2 heteroatoms. The first-order valence-electron chi connectivity index (χ1n) is 4.81. The van der Waals surface area contributed by atoms with Gasteiger partial charge in [-0.1, -0.05) is 15.9 Å². The smallest absolute Gasteiger partial charge is 0.132 e. The molecule has 1 nitrogen and oxygen atoms in total. The van der Waals surface area contributed by atoms with Gasteiger partial charge in [0.25, 0.3) is 0 Å². The van der Waals surface area contributed by atoms with Gasteiger partial charge in [-0.3, -0.25) is 4.48 Å². The molecule has 1 aromatic carbocycles. The highest BCUT2D eigenvalue weighted by molar-refractivity contribution is 9.10. The molecule has 1 aliphatic heterocycles. The zero-order valence-electron chi connectivity index (χ0n) is 7.96. The number of hydrogen-bond donors (Lipinski definition) is 0. The molecule has 1 aromatic rings. The maximum Gasteiger partial charge on any atom is 0.132 e. The Kier molecular flexibility index (Phi) is 2.43. The minimum absolute atomic E-state index is 1.12. The first-order valence-corrected chi connectivity index (χ1v) is 5.61. The molecule has 0 amide bonds. The number of halogens is 1. The molecule has 0 aromatic heterocycles. The summed E-state index contributed by atoms with van der Waals surface area (Å²) in [5.74, 6) is 0. The van der Waals surface area contributed by atoms with Gasteiger partial charge in [-0.15, -0.1) is 0 Å². The highest BCUT2D eigenvalue weighted by Crippen LogP contribution is 2.28. The summed E-state index contributed by atoms with van der Waals surface area (Å²) in [6.45, 7) is 2.59. The second-order valence-electron chi connectivity index (χ2n) is 4.03. The van der Waals surface area contributed by atoms with Crippen LogP contribution in [-0.4, -0.2) is 20.1 Å². The molecule has 0 saturated carbocycles. The monoisotopic (exact) mass is 240 g/mol. The molecule has 0 atom stereocenters. The Hall–Kier alpha value is -0.340. The predicted molar refractivity (Wildman–Crippen MR) is 60.8 cm³/mol. The quantitative estimate of drug-likeness (QED) is 0.662. The van der Waals surface area contributed by atoms with Gasteiger partial charge >= 0.3 is 0 Å². The molecule has 0 bridgehead atoms. The van der Waals surface area contributed by atoms with Crippen molar-refractivity contribution in [2.24, 2.45) is 0 Å². The van der Waals surface area contributed by atoms with Crippen LogP contribution in [0.25, 0.3) is 0 Å². The molecule has 0 spiro atoms. The van der Waals surface area contributed by atoms with E-state index in [2.05, 4.69) is 47.2 Å². The van der Waals surface area contributed by atoms with Crippen molar-refractivity contribution in [1.29, 1.82) is 0 Å². The molecule has 1 fully saturated rings. The summed E-state index contributed by atoms with van der Waals surface area (Å²) in [7, 11) is 2.33. The van der Waals surface area contributed by atoms with Crippen molar-refractivity contribution < 1.29 is 0 Å². The lowest BCUT2D eigenvalue weighted by molar-refractivity contribution is 0.406. The molecule has 1 saturated heterocycles. The van der Waals surface area contributed by atoms with Crippen LogP contribution < -0.4 is 4.48 Å². The van der Waals surface area contributed by atoms with Crippen LogP contribution in [0.4, 0.5) is 5.69 Å². The third-order valence-corrected chi connectivity index (χ3v) is 3.53. The van der Waals surface area contributed by atoms with Crippen molar-refractivity contribution in [2.45, 2.75) is 12.8 Å². The second-order valence-corrected chi connectivity index (χ2v) is 4.94. The topological polar surface area (TPSA) is 0 Å². The normalized spacial score (nSPS) is 20.5. The van der Waals surface area contributed by atoms with Crippen LogP contribution in [0.1, 0.15) is 12.8 Å². The summed E-state index contributed by atoms with van der Waals surface area (Å²) in [6, 6.07) is 8.74. The Morgan fingerprint density at radius 1 is 1.08 bits per heavy atom. The van der Waals surface area contributed by atoms with Gasteiger partial charge in [-0.05, 0) is 12.1 Å². The van der Waals surface area contributed by atoms with E-state index in [9.17, 15) is 0 Å². The van der Waals surface area contributed by atoms with Crippen LogP contribution in [0.3, 0.4) is 0 Å². The third kappa shape index (κ3) is 1.79.